The van der Waals surface area contributed by atoms with Crippen molar-refractivity contribution in [1.29, 1.82) is 0 Å². The number of ether oxygens (including phenoxy) is 1. The summed E-state index contributed by atoms with van der Waals surface area (Å²) < 4.78 is 5.31. The zero-order valence-corrected chi connectivity index (χ0v) is 10.8. The summed E-state index contributed by atoms with van der Waals surface area (Å²) in [5.74, 6) is 0.822. The van der Waals surface area contributed by atoms with Gasteiger partial charge in [0.05, 0.1) is 13.0 Å². The first-order valence-corrected chi connectivity index (χ1v) is 5.44. The number of amides is 1. The van der Waals surface area contributed by atoms with E-state index in [4.69, 9.17) is 10.5 Å². The second-order valence-electron chi connectivity index (χ2n) is 3.39. The highest BCUT2D eigenvalue weighted by atomic mass is 35.5. The van der Waals surface area contributed by atoms with Crippen molar-refractivity contribution in [3.05, 3.63) is 29.8 Å². The van der Waals surface area contributed by atoms with Gasteiger partial charge in [-0.15, -0.1) is 12.4 Å². The van der Waals surface area contributed by atoms with Crippen molar-refractivity contribution in [1.82, 2.24) is 5.32 Å². The molecule has 96 valence electrons. The summed E-state index contributed by atoms with van der Waals surface area (Å²) in [6, 6.07) is 7.53. The SMILES string of the molecule is CCOc1ccc(CC(=O)NCCN)cc1.Cl. The zero-order chi connectivity index (χ0) is 11.8. The maximum atomic E-state index is 11.4. The number of nitrogens with two attached hydrogens (primary N) is 1. The van der Waals surface area contributed by atoms with Crippen LogP contribution in [-0.4, -0.2) is 25.6 Å². The van der Waals surface area contributed by atoms with Crippen molar-refractivity contribution in [3.63, 3.8) is 0 Å². The fourth-order valence-corrected chi connectivity index (χ4v) is 1.33. The molecule has 4 nitrogen and oxygen atoms in total. The number of halogens is 1. The summed E-state index contributed by atoms with van der Waals surface area (Å²) >= 11 is 0. The van der Waals surface area contributed by atoms with Gasteiger partial charge in [-0.1, -0.05) is 12.1 Å². The van der Waals surface area contributed by atoms with E-state index >= 15 is 0 Å². The van der Waals surface area contributed by atoms with Gasteiger partial charge in [-0.05, 0) is 24.6 Å². The Balaban J connectivity index is 0.00000256. The van der Waals surface area contributed by atoms with Gasteiger partial charge in [0.25, 0.3) is 0 Å². The average molecular weight is 259 g/mol. The normalized spacial score (nSPS) is 9.29. The van der Waals surface area contributed by atoms with Gasteiger partial charge in [-0.25, -0.2) is 0 Å². The maximum absolute atomic E-state index is 11.4. The van der Waals surface area contributed by atoms with Gasteiger partial charge in [-0.2, -0.15) is 0 Å². The van der Waals surface area contributed by atoms with Crippen LogP contribution < -0.4 is 15.8 Å². The molecule has 17 heavy (non-hydrogen) atoms. The molecular formula is C12H19ClN2O2. The average Bonchev–Trinajstić information content (AvgIpc) is 2.29. The first-order chi connectivity index (χ1) is 7.76. The molecule has 0 atom stereocenters. The molecule has 0 fully saturated rings. The molecule has 0 saturated carbocycles. The molecule has 0 bridgehead atoms. The Morgan fingerprint density at radius 3 is 2.53 bits per heavy atom. The van der Waals surface area contributed by atoms with Gasteiger partial charge in [0.1, 0.15) is 5.75 Å². The Morgan fingerprint density at radius 2 is 2.00 bits per heavy atom. The Bertz CT molecular complexity index is 328. The molecule has 0 spiro atoms. The van der Waals surface area contributed by atoms with Crippen LogP contribution in [0.4, 0.5) is 0 Å². The van der Waals surface area contributed by atoms with Crippen LogP contribution in [0.25, 0.3) is 0 Å². The number of carbonyl (C=O) groups excluding carboxylic acids is 1. The summed E-state index contributed by atoms with van der Waals surface area (Å²) in [5, 5.41) is 2.73. The van der Waals surface area contributed by atoms with Crippen molar-refractivity contribution in [2.24, 2.45) is 5.73 Å². The van der Waals surface area contributed by atoms with E-state index in [2.05, 4.69) is 5.32 Å². The summed E-state index contributed by atoms with van der Waals surface area (Å²) in [4.78, 5) is 11.4. The van der Waals surface area contributed by atoms with Gasteiger partial charge in [0, 0.05) is 13.1 Å². The van der Waals surface area contributed by atoms with E-state index in [1.54, 1.807) is 0 Å². The topological polar surface area (TPSA) is 64.3 Å². The second kappa shape index (κ2) is 8.84. The third kappa shape index (κ3) is 6.14. The molecule has 1 rings (SSSR count). The molecule has 0 radical (unpaired) electrons. The predicted molar refractivity (Wildman–Crippen MR) is 70.6 cm³/mol. The molecular weight excluding hydrogens is 240 g/mol. The van der Waals surface area contributed by atoms with Crippen LogP contribution in [-0.2, 0) is 11.2 Å². The van der Waals surface area contributed by atoms with Gasteiger partial charge in [0.15, 0.2) is 0 Å². The molecule has 0 saturated heterocycles. The number of hydrogen-bond acceptors (Lipinski definition) is 3. The van der Waals surface area contributed by atoms with E-state index in [1.165, 1.54) is 0 Å². The van der Waals surface area contributed by atoms with E-state index in [-0.39, 0.29) is 18.3 Å². The standard InChI is InChI=1S/C12H18N2O2.ClH/c1-2-16-11-5-3-10(4-6-11)9-12(15)14-8-7-13;/h3-6H,2,7-9,13H2,1H3,(H,14,15);1H. The number of carbonyl (C=O) groups is 1. The molecule has 1 amide bonds. The molecule has 0 aliphatic carbocycles. The molecule has 0 aromatic heterocycles. The highest BCUT2D eigenvalue weighted by Gasteiger charge is 2.02. The maximum Gasteiger partial charge on any atom is 0.224 e. The van der Waals surface area contributed by atoms with E-state index in [1.807, 2.05) is 31.2 Å². The predicted octanol–water partition coefficient (Wildman–Crippen LogP) is 1.12. The number of rotatable bonds is 6. The molecule has 0 aliphatic rings. The zero-order valence-electron chi connectivity index (χ0n) is 9.94. The molecule has 0 unspecified atom stereocenters. The highest BCUT2D eigenvalue weighted by molar-refractivity contribution is 5.85. The largest absolute Gasteiger partial charge is 0.494 e. The molecule has 1 aromatic rings. The Morgan fingerprint density at radius 1 is 1.35 bits per heavy atom. The van der Waals surface area contributed by atoms with Gasteiger partial charge in [-0.3, -0.25) is 4.79 Å². The van der Waals surface area contributed by atoms with Crippen molar-refractivity contribution in [2.45, 2.75) is 13.3 Å². The molecule has 0 heterocycles. The highest BCUT2D eigenvalue weighted by Crippen LogP contribution is 2.12. The third-order valence-electron chi connectivity index (χ3n) is 2.07. The summed E-state index contributed by atoms with van der Waals surface area (Å²) in [6.45, 7) is 3.58. The Labute approximate surface area is 108 Å². The number of nitrogens with one attached hydrogen (secondary N) is 1. The first kappa shape index (κ1) is 15.7. The minimum absolute atomic E-state index is 0. The fourth-order valence-electron chi connectivity index (χ4n) is 1.33. The van der Waals surface area contributed by atoms with E-state index in [0.29, 0.717) is 26.1 Å². The van der Waals surface area contributed by atoms with Crippen LogP contribution in [0.3, 0.4) is 0 Å². The monoisotopic (exact) mass is 258 g/mol. The van der Waals surface area contributed by atoms with Gasteiger partial charge >= 0.3 is 0 Å². The number of benzene rings is 1. The summed E-state index contributed by atoms with van der Waals surface area (Å²) in [7, 11) is 0. The van der Waals surface area contributed by atoms with Crippen LogP contribution in [0.15, 0.2) is 24.3 Å². The van der Waals surface area contributed by atoms with E-state index in [9.17, 15) is 4.79 Å². The first-order valence-electron chi connectivity index (χ1n) is 5.44. The molecule has 3 N–H and O–H groups in total. The quantitative estimate of drug-likeness (QED) is 0.804. The van der Waals surface area contributed by atoms with Crippen molar-refractivity contribution >= 4 is 18.3 Å². The van der Waals surface area contributed by atoms with Crippen LogP contribution in [0.2, 0.25) is 0 Å². The molecule has 5 heteroatoms. The third-order valence-corrected chi connectivity index (χ3v) is 2.07. The Kier molecular flexibility index (Phi) is 8.19. The van der Waals surface area contributed by atoms with Crippen LogP contribution in [0.1, 0.15) is 12.5 Å². The molecule has 0 aliphatic heterocycles. The minimum Gasteiger partial charge on any atom is -0.494 e. The lowest BCUT2D eigenvalue weighted by Gasteiger charge is -2.05. The van der Waals surface area contributed by atoms with Crippen molar-refractivity contribution < 1.29 is 9.53 Å². The lowest BCUT2D eigenvalue weighted by Crippen LogP contribution is -2.30. The second-order valence-corrected chi connectivity index (χ2v) is 3.39. The lowest BCUT2D eigenvalue weighted by molar-refractivity contribution is -0.120. The summed E-state index contributed by atoms with van der Waals surface area (Å²) in [6.07, 6.45) is 0.381. The van der Waals surface area contributed by atoms with Gasteiger partial charge < -0.3 is 15.8 Å². The van der Waals surface area contributed by atoms with E-state index < -0.39 is 0 Å². The van der Waals surface area contributed by atoms with E-state index in [0.717, 1.165) is 11.3 Å². The van der Waals surface area contributed by atoms with Crippen LogP contribution in [0.5, 0.6) is 5.75 Å². The van der Waals surface area contributed by atoms with Crippen LogP contribution >= 0.6 is 12.4 Å². The van der Waals surface area contributed by atoms with Gasteiger partial charge in [0.2, 0.25) is 5.91 Å². The minimum atomic E-state index is -0.00499. The molecule has 1 aromatic carbocycles. The Hall–Kier alpha value is -1.26. The van der Waals surface area contributed by atoms with Crippen molar-refractivity contribution in [2.75, 3.05) is 19.7 Å². The smallest absolute Gasteiger partial charge is 0.224 e. The van der Waals surface area contributed by atoms with Crippen molar-refractivity contribution in [3.8, 4) is 5.75 Å². The lowest BCUT2D eigenvalue weighted by atomic mass is 10.1. The fraction of sp³-hybridized carbons (Fsp3) is 0.417. The summed E-state index contributed by atoms with van der Waals surface area (Å²) in [5.41, 5.74) is 6.26. The van der Waals surface area contributed by atoms with Crippen LogP contribution in [0, 0.1) is 0 Å². The number of hydrogen-bond donors (Lipinski definition) is 2.